The highest BCUT2D eigenvalue weighted by molar-refractivity contribution is 6.08. The van der Waals surface area contributed by atoms with Gasteiger partial charge in [0.15, 0.2) is 0 Å². The Morgan fingerprint density at radius 2 is 2.08 bits per heavy atom. The van der Waals surface area contributed by atoms with Crippen LogP contribution in [0.4, 0.5) is 10.1 Å². The highest BCUT2D eigenvalue weighted by Crippen LogP contribution is 2.39. The highest BCUT2D eigenvalue weighted by atomic mass is 19.1. The van der Waals surface area contributed by atoms with E-state index in [0.717, 1.165) is 16.8 Å². The topological polar surface area (TPSA) is 158 Å². The summed E-state index contributed by atoms with van der Waals surface area (Å²) in [6.07, 6.45) is 3.15. The highest BCUT2D eigenvalue weighted by Gasteiger charge is 2.44. The fraction of sp³-hybridized carbons (Fsp3) is 0.538. The molecule has 3 heterocycles. The Morgan fingerprint density at radius 3 is 2.79 bits per heavy atom. The lowest BCUT2D eigenvalue weighted by atomic mass is 9.97. The van der Waals surface area contributed by atoms with Gasteiger partial charge in [-0.05, 0) is 29.9 Å². The lowest BCUT2D eigenvalue weighted by Gasteiger charge is -2.29. The summed E-state index contributed by atoms with van der Waals surface area (Å²) >= 11 is 0. The number of aryl methyl sites for hydroxylation is 1. The maximum Gasteiger partial charge on any atom is 0.250 e. The number of amides is 4. The number of nitrogens with one attached hydrogen (secondary N) is 4. The fourth-order valence-electron chi connectivity index (χ4n) is 4.98. The number of aromatic nitrogens is 3. The maximum atomic E-state index is 13.9. The molecule has 1 aromatic carbocycles. The van der Waals surface area contributed by atoms with Gasteiger partial charge in [0.25, 0.3) is 0 Å². The van der Waals surface area contributed by atoms with E-state index in [1.54, 1.807) is 0 Å². The van der Waals surface area contributed by atoms with Gasteiger partial charge in [-0.15, -0.1) is 0 Å². The molecule has 0 unspecified atom stereocenters. The van der Waals surface area contributed by atoms with Crippen LogP contribution in [0.5, 0.6) is 0 Å². The number of aromatic amines is 1. The molecule has 0 fully saturated rings. The van der Waals surface area contributed by atoms with Crippen LogP contribution in [0, 0.1) is 5.92 Å². The summed E-state index contributed by atoms with van der Waals surface area (Å²) in [7, 11) is 0. The zero-order chi connectivity index (χ0) is 27.9. The Labute approximate surface area is 225 Å². The molecule has 0 saturated carbocycles. The zero-order valence-electron chi connectivity index (χ0n) is 22.0. The second-order valence-corrected chi connectivity index (χ2v) is 9.78. The average molecular weight is 544 g/mol. The van der Waals surface area contributed by atoms with Gasteiger partial charge in [0.1, 0.15) is 43.6 Å². The molecule has 4 atom stereocenters. The first kappa shape index (κ1) is 28.1. The van der Waals surface area contributed by atoms with E-state index in [1.165, 1.54) is 11.2 Å². The molecule has 2 aliphatic heterocycles. The van der Waals surface area contributed by atoms with E-state index in [4.69, 9.17) is 4.74 Å². The predicted octanol–water partition coefficient (Wildman–Crippen LogP) is 0.327. The Balaban J connectivity index is 1.50. The van der Waals surface area contributed by atoms with Gasteiger partial charge in [0.05, 0.1) is 18.8 Å². The van der Waals surface area contributed by atoms with Crippen molar-refractivity contribution in [3.05, 3.63) is 41.5 Å². The third-order valence-electron chi connectivity index (χ3n) is 7.19. The lowest BCUT2D eigenvalue weighted by molar-refractivity contribution is -0.134. The van der Waals surface area contributed by atoms with Crippen molar-refractivity contribution in [3.8, 4) is 0 Å². The first-order valence-corrected chi connectivity index (χ1v) is 13.1. The van der Waals surface area contributed by atoms with Crippen molar-refractivity contribution in [2.24, 2.45) is 5.92 Å². The molecule has 0 aliphatic carbocycles. The molecule has 2 aromatic rings. The number of nitrogens with zero attached hydrogens (tertiary/aromatic N) is 3. The van der Waals surface area contributed by atoms with Gasteiger partial charge in [-0.2, -0.15) is 5.10 Å². The van der Waals surface area contributed by atoms with Crippen LogP contribution in [0.2, 0.25) is 0 Å². The van der Waals surface area contributed by atoms with Crippen LogP contribution >= 0.6 is 0 Å². The number of benzene rings is 1. The summed E-state index contributed by atoms with van der Waals surface area (Å²) in [5.74, 6) is -1.52. The first-order valence-electron chi connectivity index (χ1n) is 13.1. The summed E-state index contributed by atoms with van der Waals surface area (Å²) in [6.45, 7) is 2.54. The van der Waals surface area contributed by atoms with Crippen LogP contribution in [0.25, 0.3) is 0 Å². The largest absolute Gasteiger partial charge is 0.369 e. The number of halogens is 1. The molecule has 210 valence electrons. The number of anilines is 1. The molecule has 4 N–H and O–H groups in total. The number of rotatable bonds is 12. The van der Waals surface area contributed by atoms with Crippen molar-refractivity contribution in [1.29, 1.82) is 0 Å². The number of ether oxygens (including phenoxy) is 1. The first-order chi connectivity index (χ1) is 18.8. The molecule has 4 rings (SSSR count). The van der Waals surface area contributed by atoms with Crippen LogP contribution in [0.15, 0.2) is 24.5 Å². The molecular weight excluding hydrogens is 509 g/mol. The SMILES string of the molecule is CC[C@H](C)[C@H](NC(=O)COCCF)C(=O)N[C@H]1CCc2cccc3c2N(C1=O)[C@H](C(=O)NCc1ncn[nH]1)C3. The van der Waals surface area contributed by atoms with Crippen LogP contribution in [0.3, 0.4) is 0 Å². The Hall–Kier alpha value is -3.87. The van der Waals surface area contributed by atoms with E-state index in [1.807, 2.05) is 32.0 Å². The van der Waals surface area contributed by atoms with Gasteiger partial charge in [-0.25, -0.2) is 9.37 Å². The Kier molecular flexibility index (Phi) is 9.23. The number of hydrogen-bond donors (Lipinski definition) is 4. The minimum atomic E-state index is -0.912. The van der Waals surface area contributed by atoms with E-state index in [9.17, 15) is 23.6 Å². The number of para-hydroxylation sites is 1. The average Bonchev–Trinajstić information content (AvgIpc) is 3.57. The van der Waals surface area contributed by atoms with Gasteiger partial charge in [-0.3, -0.25) is 29.2 Å². The van der Waals surface area contributed by atoms with Crippen molar-refractivity contribution >= 4 is 29.3 Å². The standard InChI is InChI=1S/C26H34FN7O5/c1-3-15(2)22(32-21(35)13-39-10-9-27)25(37)31-18-8-7-16-5-4-6-17-11-19(34(23(16)17)26(18)38)24(36)28-12-20-29-14-30-33-20/h4-6,14-15,18-19,22H,3,7-13H2,1-2H3,(H,28,36)(H,31,37)(H,32,35)(H,29,30,33)/t15-,18-,19-,22-/m0/s1. The summed E-state index contributed by atoms with van der Waals surface area (Å²) in [6, 6.07) is 3.15. The smallest absolute Gasteiger partial charge is 0.250 e. The van der Waals surface area contributed by atoms with Gasteiger partial charge in [0, 0.05) is 6.42 Å². The molecule has 0 saturated heterocycles. The molecule has 0 bridgehead atoms. The monoisotopic (exact) mass is 543 g/mol. The molecular formula is C26H34FN7O5. The van der Waals surface area contributed by atoms with Crippen LogP contribution in [-0.2, 0) is 43.3 Å². The number of carbonyl (C=O) groups is 4. The van der Waals surface area contributed by atoms with E-state index >= 15 is 0 Å². The second kappa shape index (κ2) is 12.8. The van der Waals surface area contributed by atoms with Crippen LogP contribution in [0.1, 0.15) is 43.6 Å². The third-order valence-corrected chi connectivity index (χ3v) is 7.19. The Bertz CT molecular complexity index is 1190. The minimum Gasteiger partial charge on any atom is -0.369 e. The van der Waals surface area contributed by atoms with Gasteiger partial charge in [-0.1, -0.05) is 38.5 Å². The van der Waals surface area contributed by atoms with E-state index in [-0.39, 0.29) is 37.5 Å². The van der Waals surface area contributed by atoms with Crippen molar-refractivity contribution in [2.75, 3.05) is 24.8 Å². The van der Waals surface area contributed by atoms with Crippen LogP contribution in [-0.4, -0.2) is 76.8 Å². The lowest BCUT2D eigenvalue weighted by Crippen LogP contribution is -2.58. The summed E-state index contributed by atoms with van der Waals surface area (Å²) in [5.41, 5.74) is 2.54. The van der Waals surface area contributed by atoms with Crippen molar-refractivity contribution in [2.45, 2.75) is 64.2 Å². The van der Waals surface area contributed by atoms with Gasteiger partial charge in [0.2, 0.25) is 23.6 Å². The molecule has 1 aromatic heterocycles. The number of H-pyrrole nitrogens is 1. The van der Waals surface area contributed by atoms with Crippen molar-refractivity contribution in [1.82, 2.24) is 31.1 Å². The molecule has 12 nitrogen and oxygen atoms in total. The van der Waals surface area contributed by atoms with Crippen molar-refractivity contribution in [3.63, 3.8) is 0 Å². The van der Waals surface area contributed by atoms with E-state index in [0.29, 0.717) is 31.5 Å². The number of hydrogen-bond acceptors (Lipinski definition) is 7. The summed E-state index contributed by atoms with van der Waals surface area (Å²) in [4.78, 5) is 58.3. The minimum absolute atomic E-state index is 0.131. The normalized spacial score (nSPS) is 19.6. The summed E-state index contributed by atoms with van der Waals surface area (Å²) < 4.78 is 17.3. The van der Waals surface area contributed by atoms with E-state index in [2.05, 4.69) is 31.1 Å². The molecule has 2 aliphatic rings. The second-order valence-electron chi connectivity index (χ2n) is 9.78. The number of alkyl halides is 1. The molecule has 0 radical (unpaired) electrons. The van der Waals surface area contributed by atoms with Crippen LogP contribution < -0.4 is 20.9 Å². The maximum absolute atomic E-state index is 13.9. The van der Waals surface area contributed by atoms with E-state index < -0.39 is 36.6 Å². The molecule has 13 heteroatoms. The molecule has 39 heavy (non-hydrogen) atoms. The molecule has 4 amide bonds. The quantitative estimate of drug-likeness (QED) is 0.281. The van der Waals surface area contributed by atoms with Crippen molar-refractivity contribution < 1.29 is 28.3 Å². The van der Waals surface area contributed by atoms with Gasteiger partial charge < -0.3 is 20.7 Å². The summed E-state index contributed by atoms with van der Waals surface area (Å²) in [5, 5.41) is 14.8. The Morgan fingerprint density at radius 1 is 1.28 bits per heavy atom. The zero-order valence-corrected chi connectivity index (χ0v) is 22.0. The number of carbonyl (C=O) groups excluding carboxylic acids is 4. The fourth-order valence-corrected chi connectivity index (χ4v) is 4.98. The third kappa shape index (κ3) is 6.41. The predicted molar refractivity (Wildman–Crippen MR) is 138 cm³/mol. The van der Waals surface area contributed by atoms with Gasteiger partial charge >= 0.3 is 0 Å². The molecule has 0 spiro atoms.